The molecule has 1 spiro atoms. The monoisotopic (exact) mass is 429 g/mol. The summed E-state index contributed by atoms with van der Waals surface area (Å²) in [4.78, 5) is 14.2. The summed E-state index contributed by atoms with van der Waals surface area (Å²) in [6.45, 7) is 4.68. The van der Waals surface area contributed by atoms with E-state index in [1.165, 1.54) is 12.8 Å². The summed E-state index contributed by atoms with van der Waals surface area (Å²) >= 11 is 6.36. The second-order valence-corrected chi connectivity index (χ2v) is 9.36. The van der Waals surface area contributed by atoms with E-state index in [9.17, 15) is 0 Å². The number of aromatic amines is 1. The number of H-pyrrole nitrogens is 1. The van der Waals surface area contributed by atoms with E-state index < -0.39 is 0 Å². The fraction of sp³-hybridized carbons (Fsp3) is 0.391. The second kappa shape index (κ2) is 7.33. The van der Waals surface area contributed by atoms with Gasteiger partial charge in [-0.25, -0.2) is 4.98 Å². The zero-order valence-corrected chi connectivity index (χ0v) is 18.2. The van der Waals surface area contributed by atoms with E-state index in [1.807, 2.05) is 30.3 Å². The molecule has 0 unspecified atom stereocenters. The van der Waals surface area contributed by atoms with Crippen LogP contribution in [-0.2, 0) is 4.84 Å². The van der Waals surface area contributed by atoms with Crippen LogP contribution in [-0.4, -0.2) is 21.3 Å². The summed E-state index contributed by atoms with van der Waals surface area (Å²) in [6, 6.07) is 14.1. The minimum Gasteiger partial charge on any atom is -0.388 e. The quantitative estimate of drug-likeness (QED) is 0.488. The van der Waals surface area contributed by atoms with E-state index in [1.54, 1.807) is 0 Å². The lowest BCUT2D eigenvalue weighted by Crippen LogP contribution is -2.37. The zero-order valence-electron chi connectivity index (χ0n) is 16.7. The Balaban J connectivity index is 0.00000205. The van der Waals surface area contributed by atoms with Crippen molar-refractivity contribution in [2.24, 2.45) is 10.6 Å². The number of nitrogens with zero attached hydrogens (tertiary/aromatic N) is 2. The predicted octanol–water partition coefficient (Wildman–Crippen LogP) is 6.77. The first kappa shape index (κ1) is 20.2. The Labute approximate surface area is 182 Å². The molecule has 2 aromatic carbocycles. The van der Waals surface area contributed by atoms with Crippen molar-refractivity contribution in [1.29, 1.82) is 0 Å². The zero-order chi connectivity index (χ0) is 19.4. The molecule has 0 atom stereocenters. The highest BCUT2D eigenvalue weighted by Crippen LogP contribution is 2.46. The Morgan fingerprint density at radius 1 is 1.03 bits per heavy atom. The van der Waals surface area contributed by atoms with Gasteiger partial charge in [0, 0.05) is 17.0 Å². The van der Waals surface area contributed by atoms with Crippen molar-refractivity contribution < 1.29 is 4.84 Å². The lowest BCUT2D eigenvalue weighted by atomic mass is 9.69. The summed E-state index contributed by atoms with van der Waals surface area (Å²) in [5, 5.41) is 5.17. The molecule has 1 saturated carbocycles. The van der Waals surface area contributed by atoms with E-state index in [0.29, 0.717) is 5.41 Å². The van der Waals surface area contributed by atoms with Gasteiger partial charge in [-0.2, -0.15) is 0 Å². The molecule has 1 aromatic heterocycles. The molecule has 6 heteroatoms. The summed E-state index contributed by atoms with van der Waals surface area (Å²) in [5.74, 6) is 0.813. The number of halogens is 2. The van der Waals surface area contributed by atoms with Crippen molar-refractivity contribution in [3.8, 4) is 11.1 Å². The molecule has 29 heavy (non-hydrogen) atoms. The first-order valence-corrected chi connectivity index (χ1v) is 10.3. The van der Waals surface area contributed by atoms with Crippen molar-refractivity contribution in [3.63, 3.8) is 0 Å². The molecule has 152 valence electrons. The number of imidazole rings is 1. The maximum absolute atomic E-state index is 6.36. The first-order chi connectivity index (χ1) is 13.4. The molecule has 0 amide bonds. The van der Waals surface area contributed by atoms with Crippen LogP contribution in [0.4, 0.5) is 0 Å². The van der Waals surface area contributed by atoms with Crippen LogP contribution in [0.1, 0.15) is 51.8 Å². The van der Waals surface area contributed by atoms with Crippen molar-refractivity contribution in [2.45, 2.75) is 51.6 Å². The van der Waals surface area contributed by atoms with Gasteiger partial charge in [0.1, 0.15) is 11.3 Å². The maximum atomic E-state index is 6.36. The third kappa shape index (κ3) is 3.76. The van der Waals surface area contributed by atoms with E-state index >= 15 is 0 Å². The Morgan fingerprint density at radius 3 is 2.55 bits per heavy atom. The van der Waals surface area contributed by atoms with Gasteiger partial charge in [-0.15, -0.1) is 12.4 Å². The molecular formula is C23H25Cl2N3O. The number of aromatic nitrogens is 2. The molecule has 0 radical (unpaired) electrons. The number of hydrogen-bond acceptors (Lipinski definition) is 3. The molecule has 5 rings (SSSR count). The molecule has 1 aliphatic heterocycles. The molecule has 4 nitrogen and oxygen atoms in total. The molecule has 0 bridgehead atoms. The van der Waals surface area contributed by atoms with Gasteiger partial charge in [0.05, 0.1) is 11.0 Å². The summed E-state index contributed by atoms with van der Waals surface area (Å²) in [5.41, 5.74) is 5.21. The van der Waals surface area contributed by atoms with Crippen LogP contribution in [0.3, 0.4) is 0 Å². The highest BCUT2D eigenvalue weighted by molar-refractivity contribution is 6.33. The Hall–Kier alpha value is -2.04. The van der Waals surface area contributed by atoms with E-state index in [0.717, 1.165) is 58.0 Å². The van der Waals surface area contributed by atoms with E-state index in [2.05, 4.69) is 36.1 Å². The van der Waals surface area contributed by atoms with Crippen LogP contribution in [0.2, 0.25) is 5.02 Å². The van der Waals surface area contributed by atoms with Gasteiger partial charge in [0.15, 0.2) is 5.82 Å². The van der Waals surface area contributed by atoms with Crippen LogP contribution in [0.25, 0.3) is 22.2 Å². The Bertz CT molecular complexity index is 1080. The van der Waals surface area contributed by atoms with Crippen LogP contribution < -0.4 is 0 Å². The third-order valence-electron chi connectivity index (χ3n) is 6.29. The molecule has 1 N–H and O–H groups in total. The first-order valence-electron chi connectivity index (χ1n) is 9.93. The molecule has 1 aliphatic carbocycles. The van der Waals surface area contributed by atoms with Gasteiger partial charge in [0.25, 0.3) is 0 Å². The second-order valence-electron chi connectivity index (χ2n) is 8.95. The van der Waals surface area contributed by atoms with Crippen LogP contribution >= 0.6 is 24.0 Å². The van der Waals surface area contributed by atoms with Gasteiger partial charge in [-0.3, -0.25) is 0 Å². The maximum Gasteiger partial charge on any atom is 0.156 e. The molecule has 3 aromatic rings. The average molecular weight is 430 g/mol. The minimum absolute atomic E-state index is 0. The van der Waals surface area contributed by atoms with Crippen LogP contribution in [0.5, 0.6) is 0 Å². The van der Waals surface area contributed by atoms with Gasteiger partial charge in [-0.1, -0.05) is 54.9 Å². The van der Waals surface area contributed by atoms with Gasteiger partial charge in [0.2, 0.25) is 0 Å². The van der Waals surface area contributed by atoms with Crippen LogP contribution in [0.15, 0.2) is 47.6 Å². The van der Waals surface area contributed by atoms with Crippen molar-refractivity contribution >= 4 is 40.8 Å². The smallest absolute Gasteiger partial charge is 0.156 e. The highest BCUT2D eigenvalue weighted by Gasteiger charge is 2.45. The lowest BCUT2D eigenvalue weighted by Gasteiger charge is -2.39. The number of nitrogens with one attached hydrogen (secondary N) is 1. The molecule has 2 aliphatic rings. The van der Waals surface area contributed by atoms with Crippen LogP contribution in [0, 0.1) is 5.41 Å². The fourth-order valence-corrected chi connectivity index (χ4v) is 4.55. The third-order valence-corrected chi connectivity index (χ3v) is 6.62. The normalized spacial score (nSPS) is 19.6. The molecule has 2 heterocycles. The van der Waals surface area contributed by atoms with Gasteiger partial charge >= 0.3 is 0 Å². The Kier molecular flexibility index (Phi) is 5.12. The Morgan fingerprint density at radius 2 is 1.79 bits per heavy atom. The number of rotatable bonds is 2. The molecule has 1 fully saturated rings. The SMILES string of the molecule is CC1(C)CCC2(CC1)CC(c1nc3ccc(-c4ccccc4Cl)cc3[nH]1)=NO2.Cl. The number of benzene rings is 2. The number of oxime groups is 1. The fourth-order valence-electron chi connectivity index (χ4n) is 4.31. The molecule has 0 saturated heterocycles. The highest BCUT2D eigenvalue weighted by atomic mass is 35.5. The predicted molar refractivity (Wildman–Crippen MR) is 121 cm³/mol. The lowest BCUT2D eigenvalue weighted by molar-refractivity contribution is -0.0653. The average Bonchev–Trinajstić information content (AvgIpc) is 3.29. The van der Waals surface area contributed by atoms with Crippen molar-refractivity contribution in [2.75, 3.05) is 0 Å². The standard InChI is InChI=1S/C23H24ClN3O.ClH/c1-22(2)9-11-23(12-10-22)14-20(27-28-23)21-25-18-8-7-15(13-19(18)26-21)16-5-3-4-6-17(16)24;/h3-8,13H,9-12,14H2,1-2H3,(H,25,26);1H. The minimum atomic E-state index is -0.132. The summed E-state index contributed by atoms with van der Waals surface area (Å²) < 4.78 is 0. The number of hydrogen-bond donors (Lipinski definition) is 1. The van der Waals surface area contributed by atoms with Gasteiger partial charge in [-0.05, 0) is 54.9 Å². The van der Waals surface area contributed by atoms with Gasteiger partial charge < -0.3 is 9.82 Å². The largest absolute Gasteiger partial charge is 0.388 e. The molecular weight excluding hydrogens is 405 g/mol. The number of fused-ring (bicyclic) bond motifs is 1. The van der Waals surface area contributed by atoms with Crippen molar-refractivity contribution in [3.05, 3.63) is 53.3 Å². The topological polar surface area (TPSA) is 50.3 Å². The summed E-state index contributed by atoms with van der Waals surface area (Å²) in [6.07, 6.45) is 5.31. The van der Waals surface area contributed by atoms with E-state index in [-0.39, 0.29) is 18.0 Å². The van der Waals surface area contributed by atoms with E-state index in [4.69, 9.17) is 21.4 Å². The summed E-state index contributed by atoms with van der Waals surface area (Å²) in [7, 11) is 0. The van der Waals surface area contributed by atoms with Crippen molar-refractivity contribution in [1.82, 2.24) is 9.97 Å².